The fourth-order valence-electron chi connectivity index (χ4n) is 3.08. The Balaban J connectivity index is 1.79. The number of anilines is 2. The maximum Gasteiger partial charge on any atom is 0.341 e. The normalized spacial score (nSPS) is 13.2. The molecule has 1 aliphatic carbocycles. The average molecular weight is 406 g/mol. The van der Waals surface area contributed by atoms with E-state index in [-0.39, 0.29) is 11.7 Å². The second-order valence-electron chi connectivity index (χ2n) is 6.14. The van der Waals surface area contributed by atoms with Gasteiger partial charge in [0.05, 0.1) is 17.6 Å². The number of nitrogens with zero attached hydrogens (tertiary/aromatic N) is 1. The highest BCUT2D eigenvalue weighted by atomic mass is 32.1. The summed E-state index contributed by atoms with van der Waals surface area (Å²) in [6, 6.07) is 5.96. The van der Waals surface area contributed by atoms with E-state index in [0.29, 0.717) is 21.4 Å². The lowest BCUT2D eigenvalue weighted by Gasteiger charge is -2.11. The summed E-state index contributed by atoms with van der Waals surface area (Å²) in [6.07, 6.45) is 5.14. The monoisotopic (exact) mass is 405 g/mol. The molecule has 9 heteroatoms. The molecule has 0 saturated carbocycles. The van der Waals surface area contributed by atoms with Gasteiger partial charge in [-0.1, -0.05) is 6.42 Å². The molecule has 0 fully saturated rings. The molecule has 0 aliphatic heterocycles. The summed E-state index contributed by atoms with van der Waals surface area (Å²) in [7, 11) is 1.38. The fourth-order valence-corrected chi connectivity index (χ4v) is 4.65. The number of methoxy groups -OCH3 is 1. The Labute approximate surface area is 165 Å². The Bertz CT molecular complexity index is 877. The van der Waals surface area contributed by atoms with Crippen LogP contribution >= 0.6 is 23.6 Å². The van der Waals surface area contributed by atoms with Crippen LogP contribution in [0.3, 0.4) is 0 Å². The zero-order valence-electron chi connectivity index (χ0n) is 14.7. The van der Waals surface area contributed by atoms with Crippen LogP contribution in [0, 0.1) is 10.1 Å². The number of aryl methyl sites for hydroxylation is 1. The highest BCUT2D eigenvalue weighted by Crippen LogP contribution is 2.38. The van der Waals surface area contributed by atoms with Gasteiger partial charge in [0, 0.05) is 22.7 Å². The number of ether oxygens (including phenoxy) is 1. The number of nitro groups is 1. The first-order chi connectivity index (χ1) is 13.0. The van der Waals surface area contributed by atoms with Crippen LogP contribution in [-0.4, -0.2) is 23.1 Å². The van der Waals surface area contributed by atoms with Gasteiger partial charge in [-0.25, -0.2) is 4.79 Å². The van der Waals surface area contributed by atoms with Gasteiger partial charge >= 0.3 is 5.97 Å². The van der Waals surface area contributed by atoms with Crippen LogP contribution in [0.25, 0.3) is 0 Å². The number of carbonyl (C=O) groups excluding carboxylic acids is 1. The van der Waals surface area contributed by atoms with Crippen molar-refractivity contribution < 1.29 is 14.5 Å². The minimum atomic E-state index is -0.457. The molecule has 1 heterocycles. The minimum absolute atomic E-state index is 0.00871. The van der Waals surface area contributed by atoms with Gasteiger partial charge in [-0.15, -0.1) is 11.3 Å². The molecule has 1 aromatic carbocycles. The number of fused-ring (bicyclic) bond motifs is 1. The molecule has 0 unspecified atom stereocenters. The molecular weight excluding hydrogens is 386 g/mol. The van der Waals surface area contributed by atoms with Gasteiger partial charge in [-0.05, 0) is 55.6 Å². The molecule has 0 atom stereocenters. The molecule has 3 rings (SSSR count). The first-order valence-corrected chi connectivity index (χ1v) is 9.77. The van der Waals surface area contributed by atoms with Crippen molar-refractivity contribution in [3.05, 3.63) is 50.4 Å². The Morgan fingerprint density at radius 3 is 2.56 bits per heavy atom. The van der Waals surface area contributed by atoms with Crippen molar-refractivity contribution in [1.29, 1.82) is 0 Å². The molecule has 0 spiro atoms. The Kier molecular flexibility index (Phi) is 6.02. The maximum absolute atomic E-state index is 12.3. The van der Waals surface area contributed by atoms with E-state index < -0.39 is 4.92 Å². The number of nitro benzene ring substituents is 1. The van der Waals surface area contributed by atoms with E-state index in [4.69, 9.17) is 17.0 Å². The quantitative estimate of drug-likeness (QED) is 0.254. The molecule has 142 valence electrons. The SMILES string of the molecule is COC(=O)c1c(NC(=S)Nc2ccc([N+](=O)[O-])cc2)sc2c1CCCCC2. The van der Waals surface area contributed by atoms with Gasteiger partial charge in [0.1, 0.15) is 5.00 Å². The van der Waals surface area contributed by atoms with Crippen molar-refractivity contribution in [2.24, 2.45) is 0 Å². The molecule has 0 saturated heterocycles. The Morgan fingerprint density at radius 1 is 1.19 bits per heavy atom. The molecule has 1 aromatic heterocycles. The number of thiocarbonyl (C=S) groups is 1. The summed E-state index contributed by atoms with van der Waals surface area (Å²) in [6.45, 7) is 0. The van der Waals surface area contributed by atoms with Gasteiger partial charge < -0.3 is 15.4 Å². The van der Waals surface area contributed by atoms with Crippen molar-refractivity contribution in [1.82, 2.24) is 0 Å². The number of rotatable bonds is 4. The molecule has 2 aromatic rings. The van der Waals surface area contributed by atoms with Crippen molar-refractivity contribution >= 4 is 51.0 Å². The smallest absolute Gasteiger partial charge is 0.341 e. The van der Waals surface area contributed by atoms with E-state index in [2.05, 4.69) is 10.6 Å². The number of carbonyl (C=O) groups is 1. The summed E-state index contributed by atoms with van der Waals surface area (Å²) < 4.78 is 4.98. The lowest BCUT2D eigenvalue weighted by molar-refractivity contribution is -0.384. The third-order valence-electron chi connectivity index (χ3n) is 4.37. The molecular formula is C18H19N3O4S2. The standard InChI is InChI=1S/C18H19N3O4S2/c1-25-17(22)15-13-5-3-2-4-6-14(13)27-16(15)20-18(26)19-11-7-9-12(10-8-11)21(23)24/h7-10H,2-6H2,1H3,(H2,19,20,26). The van der Waals surface area contributed by atoms with E-state index in [1.54, 1.807) is 12.1 Å². The number of nitrogens with one attached hydrogen (secondary N) is 2. The number of hydrogen-bond acceptors (Lipinski definition) is 6. The van der Waals surface area contributed by atoms with Crippen molar-refractivity contribution in [2.45, 2.75) is 32.1 Å². The van der Waals surface area contributed by atoms with Crippen LogP contribution in [0.15, 0.2) is 24.3 Å². The molecule has 0 bridgehead atoms. The largest absolute Gasteiger partial charge is 0.465 e. The Hall–Kier alpha value is -2.52. The molecule has 7 nitrogen and oxygen atoms in total. The number of benzene rings is 1. The summed E-state index contributed by atoms with van der Waals surface area (Å²) in [5.41, 5.74) is 2.25. The predicted octanol–water partition coefficient (Wildman–Crippen LogP) is 4.52. The lowest BCUT2D eigenvalue weighted by Crippen LogP contribution is -2.20. The fraction of sp³-hybridized carbons (Fsp3) is 0.333. The van der Waals surface area contributed by atoms with E-state index >= 15 is 0 Å². The van der Waals surface area contributed by atoms with Gasteiger partial charge in [0.25, 0.3) is 5.69 Å². The van der Waals surface area contributed by atoms with E-state index in [1.807, 2.05) is 0 Å². The van der Waals surface area contributed by atoms with Crippen LogP contribution in [0.4, 0.5) is 16.4 Å². The minimum Gasteiger partial charge on any atom is -0.465 e. The third kappa shape index (κ3) is 4.42. The maximum atomic E-state index is 12.3. The zero-order valence-corrected chi connectivity index (χ0v) is 16.4. The summed E-state index contributed by atoms with van der Waals surface area (Å²) in [5, 5.41) is 17.8. The number of esters is 1. The Morgan fingerprint density at radius 2 is 1.89 bits per heavy atom. The zero-order chi connectivity index (χ0) is 19.4. The molecule has 0 radical (unpaired) electrons. The molecule has 1 aliphatic rings. The summed E-state index contributed by atoms with van der Waals surface area (Å²) in [5.74, 6) is -0.366. The second-order valence-corrected chi connectivity index (χ2v) is 7.66. The first kappa shape index (κ1) is 19.2. The van der Waals surface area contributed by atoms with E-state index in [9.17, 15) is 14.9 Å². The van der Waals surface area contributed by atoms with Crippen LogP contribution in [0.2, 0.25) is 0 Å². The van der Waals surface area contributed by atoms with Crippen LogP contribution in [-0.2, 0) is 17.6 Å². The van der Waals surface area contributed by atoms with Crippen molar-refractivity contribution in [3.63, 3.8) is 0 Å². The van der Waals surface area contributed by atoms with Crippen LogP contribution in [0.1, 0.15) is 40.1 Å². The third-order valence-corrected chi connectivity index (χ3v) is 5.79. The van der Waals surface area contributed by atoms with Crippen LogP contribution in [0.5, 0.6) is 0 Å². The van der Waals surface area contributed by atoms with E-state index in [0.717, 1.165) is 37.7 Å². The summed E-state index contributed by atoms with van der Waals surface area (Å²) in [4.78, 5) is 23.8. The second kappa shape index (κ2) is 8.45. The number of thiophene rings is 1. The highest BCUT2D eigenvalue weighted by molar-refractivity contribution is 7.80. The topological polar surface area (TPSA) is 93.5 Å². The van der Waals surface area contributed by atoms with Gasteiger partial charge in [0.2, 0.25) is 0 Å². The number of hydrogen-bond donors (Lipinski definition) is 2. The average Bonchev–Trinajstić information content (AvgIpc) is 2.82. The lowest BCUT2D eigenvalue weighted by atomic mass is 10.1. The highest BCUT2D eigenvalue weighted by Gasteiger charge is 2.25. The van der Waals surface area contributed by atoms with Gasteiger partial charge in [-0.2, -0.15) is 0 Å². The molecule has 0 amide bonds. The predicted molar refractivity (Wildman–Crippen MR) is 110 cm³/mol. The van der Waals surface area contributed by atoms with Crippen molar-refractivity contribution in [3.8, 4) is 0 Å². The van der Waals surface area contributed by atoms with Crippen molar-refractivity contribution in [2.75, 3.05) is 17.7 Å². The van der Waals surface area contributed by atoms with Gasteiger partial charge in [-0.3, -0.25) is 10.1 Å². The first-order valence-electron chi connectivity index (χ1n) is 8.55. The van der Waals surface area contributed by atoms with Gasteiger partial charge in [0.15, 0.2) is 5.11 Å². The van der Waals surface area contributed by atoms with E-state index in [1.165, 1.54) is 35.5 Å². The van der Waals surface area contributed by atoms with Crippen LogP contribution < -0.4 is 10.6 Å². The molecule has 27 heavy (non-hydrogen) atoms. The summed E-state index contributed by atoms with van der Waals surface area (Å²) >= 11 is 6.89. The molecule has 2 N–H and O–H groups in total. The number of non-ortho nitro benzene ring substituents is 1.